The summed E-state index contributed by atoms with van der Waals surface area (Å²) in [6, 6.07) is 12.2. The number of aryl methyl sites for hydroxylation is 1. The molecule has 41 heavy (non-hydrogen) atoms. The first kappa shape index (κ1) is 29.5. The van der Waals surface area contributed by atoms with Gasteiger partial charge in [0.15, 0.2) is 0 Å². The number of H-pyrrole nitrogens is 1. The second-order valence-electron chi connectivity index (χ2n) is 10.4. The highest BCUT2D eigenvalue weighted by molar-refractivity contribution is 6.34. The average Bonchev–Trinajstić information content (AvgIpc) is 3.40. The van der Waals surface area contributed by atoms with Gasteiger partial charge in [0.2, 0.25) is 5.91 Å². The van der Waals surface area contributed by atoms with E-state index in [-0.39, 0.29) is 30.0 Å². The fourth-order valence-electron chi connectivity index (χ4n) is 4.97. The molecule has 0 radical (unpaired) electrons. The minimum absolute atomic E-state index is 0.133. The molecule has 9 heteroatoms. The van der Waals surface area contributed by atoms with Crippen LogP contribution in [0.2, 0.25) is 0 Å². The Bertz CT molecular complexity index is 1490. The number of aromatic nitrogens is 1. The highest BCUT2D eigenvalue weighted by atomic mass is 19.1. The van der Waals surface area contributed by atoms with Crippen molar-refractivity contribution in [2.24, 2.45) is 0 Å². The zero-order chi connectivity index (χ0) is 29.5. The van der Waals surface area contributed by atoms with Gasteiger partial charge in [-0.2, -0.15) is 0 Å². The second kappa shape index (κ2) is 13.2. The minimum atomic E-state index is -0.741. The first-order valence-corrected chi connectivity index (χ1v) is 13.8. The van der Waals surface area contributed by atoms with Crippen molar-refractivity contribution >= 4 is 40.8 Å². The van der Waals surface area contributed by atoms with Crippen molar-refractivity contribution in [3.63, 3.8) is 0 Å². The minimum Gasteiger partial charge on any atom is -0.359 e. The first-order chi connectivity index (χ1) is 19.6. The molecule has 3 amide bonds. The van der Waals surface area contributed by atoms with Gasteiger partial charge >= 0.3 is 0 Å². The maximum Gasteiger partial charge on any atom is 0.256 e. The van der Waals surface area contributed by atoms with E-state index in [1.54, 1.807) is 37.3 Å². The van der Waals surface area contributed by atoms with Gasteiger partial charge in [0.05, 0.1) is 5.57 Å². The summed E-state index contributed by atoms with van der Waals surface area (Å²) in [5.74, 6) is -1.24. The molecule has 4 rings (SSSR count). The van der Waals surface area contributed by atoms with Crippen molar-refractivity contribution in [3.05, 3.63) is 88.0 Å². The zero-order valence-corrected chi connectivity index (χ0v) is 23.5. The molecule has 0 saturated heterocycles. The van der Waals surface area contributed by atoms with E-state index in [0.29, 0.717) is 47.3 Å². The molecule has 0 aliphatic carbocycles. The lowest BCUT2D eigenvalue weighted by molar-refractivity contribution is -0.123. The van der Waals surface area contributed by atoms with Crippen LogP contribution in [0.25, 0.3) is 11.6 Å². The normalized spacial score (nSPS) is 14.0. The van der Waals surface area contributed by atoms with Crippen LogP contribution in [-0.4, -0.2) is 34.5 Å². The molecule has 3 aromatic rings. The molecular weight excluding hydrogens is 523 g/mol. The standard InChI is InChI=1S/C32H35FN4O4/c1-19(38)10-6-4-9-13-28(37-30(39)22-11-7-5-8-12-22)32(41)34-18-26-20(2)29(35-21(26)3)17-25-24-16-23(33)14-15-27(24)36-31(25)40/h5,7-8,11-12,14-17,28,35H,4,6,9-10,13,18H2,1-3H3,(H,34,41)(H,36,40)(H,37,39)/b25-17-/t28-/m0/s1. The number of ketones is 1. The number of rotatable bonds is 12. The van der Waals surface area contributed by atoms with Crippen LogP contribution < -0.4 is 16.0 Å². The number of hydrogen-bond acceptors (Lipinski definition) is 4. The molecule has 1 aliphatic heterocycles. The van der Waals surface area contributed by atoms with Gasteiger partial charge in [-0.15, -0.1) is 0 Å². The summed E-state index contributed by atoms with van der Waals surface area (Å²) >= 11 is 0. The SMILES string of the molecule is CC(=O)CCCCC[C@H](NC(=O)c1ccccc1)C(=O)NCc1c(C)[nH]c(/C=C2\C(=O)Nc3ccc(F)cc32)c1C. The van der Waals surface area contributed by atoms with Crippen molar-refractivity contribution in [2.45, 2.75) is 65.5 Å². The van der Waals surface area contributed by atoms with Gasteiger partial charge in [-0.05, 0) is 81.1 Å². The summed E-state index contributed by atoms with van der Waals surface area (Å²) in [4.78, 5) is 53.2. The number of halogens is 1. The van der Waals surface area contributed by atoms with E-state index in [0.717, 1.165) is 29.7 Å². The van der Waals surface area contributed by atoms with E-state index in [4.69, 9.17) is 0 Å². The second-order valence-corrected chi connectivity index (χ2v) is 10.4. The van der Waals surface area contributed by atoms with Gasteiger partial charge in [-0.3, -0.25) is 14.4 Å². The number of amides is 3. The molecule has 4 N–H and O–H groups in total. The Morgan fingerprint density at radius 3 is 2.51 bits per heavy atom. The average molecular weight is 559 g/mol. The van der Waals surface area contributed by atoms with Gasteiger partial charge < -0.3 is 25.7 Å². The molecule has 1 aliphatic rings. The summed E-state index contributed by atoms with van der Waals surface area (Å²) in [5, 5.41) is 8.57. The number of hydrogen-bond donors (Lipinski definition) is 4. The fraction of sp³-hybridized carbons (Fsp3) is 0.312. The van der Waals surface area contributed by atoms with Gasteiger partial charge in [-0.1, -0.05) is 31.0 Å². The third-order valence-corrected chi connectivity index (χ3v) is 7.30. The highest BCUT2D eigenvalue weighted by Gasteiger charge is 2.26. The molecule has 0 bridgehead atoms. The highest BCUT2D eigenvalue weighted by Crippen LogP contribution is 2.34. The molecule has 0 saturated carbocycles. The molecule has 1 atom stereocenters. The predicted octanol–water partition coefficient (Wildman–Crippen LogP) is 5.22. The van der Waals surface area contributed by atoms with Crippen molar-refractivity contribution in [2.75, 3.05) is 5.32 Å². The van der Waals surface area contributed by atoms with Crippen LogP contribution in [0.4, 0.5) is 10.1 Å². The lowest BCUT2D eigenvalue weighted by atomic mass is 10.0. The van der Waals surface area contributed by atoms with Crippen molar-refractivity contribution in [1.29, 1.82) is 0 Å². The molecule has 0 fully saturated rings. The number of carbonyl (C=O) groups is 4. The number of anilines is 1. The third kappa shape index (κ3) is 7.36. The summed E-state index contributed by atoms with van der Waals surface area (Å²) < 4.78 is 13.9. The molecule has 2 heterocycles. The number of carbonyl (C=O) groups excluding carboxylic acids is 4. The predicted molar refractivity (Wildman–Crippen MR) is 156 cm³/mol. The Kier molecular flexibility index (Phi) is 9.49. The van der Waals surface area contributed by atoms with Crippen LogP contribution in [0.3, 0.4) is 0 Å². The molecule has 1 aromatic heterocycles. The summed E-state index contributed by atoms with van der Waals surface area (Å²) in [6.45, 7) is 5.54. The number of aromatic amines is 1. The molecule has 214 valence electrons. The fourth-order valence-corrected chi connectivity index (χ4v) is 4.97. The van der Waals surface area contributed by atoms with Crippen molar-refractivity contribution in [3.8, 4) is 0 Å². The number of unbranched alkanes of at least 4 members (excludes halogenated alkanes) is 2. The van der Waals surface area contributed by atoms with Gasteiger partial charge in [0, 0.05) is 41.2 Å². The maximum atomic E-state index is 13.9. The summed E-state index contributed by atoms with van der Waals surface area (Å²) in [6.07, 6.45) is 4.84. The van der Waals surface area contributed by atoms with E-state index in [2.05, 4.69) is 20.9 Å². The third-order valence-electron chi connectivity index (χ3n) is 7.30. The van der Waals surface area contributed by atoms with Crippen LogP contribution >= 0.6 is 0 Å². The van der Waals surface area contributed by atoms with Crippen LogP contribution in [-0.2, 0) is 20.9 Å². The van der Waals surface area contributed by atoms with Crippen LogP contribution in [0.1, 0.15) is 77.5 Å². The Morgan fingerprint density at radius 1 is 1.02 bits per heavy atom. The Labute approximate surface area is 238 Å². The molecule has 8 nitrogen and oxygen atoms in total. The van der Waals surface area contributed by atoms with Gasteiger partial charge in [-0.25, -0.2) is 4.39 Å². The van der Waals surface area contributed by atoms with Gasteiger partial charge in [0.1, 0.15) is 17.6 Å². The molecular formula is C32H35FN4O4. The largest absolute Gasteiger partial charge is 0.359 e. The summed E-state index contributed by atoms with van der Waals surface area (Å²) in [5.41, 5.74) is 5.09. The number of fused-ring (bicyclic) bond motifs is 1. The van der Waals surface area contributed by atoms with Crippen LogP contribution in [0.5, 0.6) is 0 Å². The van der Waals surface area contributed by atoms with E-state index >= 15 is 0 Å². The molecule has 2 aromatic carbocycles. The number of nitrogens with one attached hydrogen (secondary N) is 4. The van der Waals surface area contributed by atoms with Gasteiger partial charge in [0.25, 0.3) is 11.8 Å². The zero-order valence-electron chi connectivity index (χ0n) is 23.5. The van der Waals surface area contributed by atoms with E-state index < -0.39 is 11.9 Å². The topological polar surface area (TPSA) is 120 Å². The van der Waals surface area contributed by atoms with Crippen molar-refractivity contribution < 1.29 is 23.6 Å². The maximum absolute atomic E-state index is 13.9. The quantitative estimate of drug-likeness (QED) is 0.180. The van der Waals surface area contributed by atoms with E-state index in [1.165, 1.54) is 18.2 Å². The lowest BCUT2D eigenvalue weighted by Crippen LogP contribution is -2.46. The number of Topliss-reactive ketones (excluding diaryl/α,β-unsaturated/α-hetero) is 1. The Morgan fingerprint density at radius 2 is 1.78 bits per heavy atom. The smallest absolute Gasteiger partial charge is 0.256 e. The van der Waals surface area contributed by atoms with Crippen LogP contribution in [0.15, 0.2) is 48.5 Å². The Balaban J connectivity index is 1.46. The summed E-state index contributed by atoms with van der Waals surface area (Å²) in [7, 11) is 0. The monoisotopic (exact) mass is 558 g/mol. The van der Waals surface area contributed by atoms with Crippen LogP contribution in [0, 0.1) is 19.7 Å². The molecule has 0 spiro atoms. The van der Waals surface area contributed by atoms with Crippen molar-refractivity contribution in [1.82, 2.24) is 15.6 Å². The first-order valence-electron chi connectivity index (χ1n) is 13.8. The van der Waals surface area contributed by atoms with E-state index in [9.17, 15) is 23.6 Å². The molecule has 0 unspecified atom stereocenters. The van der Waals surface area contributed by atoms with E-state index in [1.807, 2.05) is 19.9 Å². The Hall–Kier alpha value is -4.53. The number of benzene rings is 2. The lowest BCUT2D eigenvalue weighted by Gasteiger charge is -2.19.